The van der Waals surface area contributed by atoms with Crippen LogP contribution in [0, 0.1) is 0 Å². The van der Waals surface area contributed by atoms with E-state index in [2.05, 4.69) is 31.7 Å². The number of hydrogen-bond donors (Lipinski definition) is 1. The molecule has 0 bridgehead atoms. The van der Waals surface area contributed by atoms with Gasteiger partial charge >= 0.3 is 0 Å². The van der Waals surface area contributed by atoms with E-state index in [9.17, 15) is 4.79 Å². The molecule has 6 heteroatoms. The van der Waals surface area contributed by atoms with Crippen molar-refractivity contribution in [3.05, 3.63) is 64.9 Å². The van der Waals surface area contributed by atoms with Crippen LogP contribution in [-0.4, -0.2) is 26.9 Å². The van der Waals surface area contributed by atoms with Crippen LogP contribution in [0.25, 0.3) is 11.4 Å². The molecule has 3 heterocycles. The molecule has 0 unspecified atom stereocenters. The van der Waals surface area contributed by atoms with Crippen LogP contribution in [0.2, 0.25) is 0 Å². The molecule has 5 nitrogen and oxygen atoms in total. The lowest BCUT2D eigenvalue weighted by molar-refractivity contribution is 0.0939. The standard InChI is InChI=1S/C17H16N4OS/c1-12(7-13-4-6-23-11-13)21-17(22)15-9-19-16(20-10-15)14-3-2-5-18-8-14/h2-6,8-12H,7H2,1H3,(H,21,22)/t12-/m1/s1. The summed E-state index contributed by atoms with van der Waals surface area (Å²) >= 11 is 1.66. The van der Waals surface area contributed by atoms with E-state index in [0.29, 0.717) is 11.4 Å². The first-order valence-corrected chi connectivity index (χ1v) is 8.21. The average molecular weight is 324 g/mol. The first-order chi connectivity index (χ1) is 11.2. The molecule has 23 heavy (non-hydrogen) atoms. The molecule has 0 radical (unpaired) electrons. The Morgan fingerprint density at radius 3 is 2.74 bits per heavy atom. The Bertz CT molecular complexity index is 757. The average Bonchev–Trinajstić information content (AvgIpc) is 3.08. The summed E-state index contributed by atoms with van der Waals surface area (Å²) in [6.45, 7) is 1.99. The maximum atomic E-state index is 12.2. The van der Waals surface area contributed by atoms with Crippen molar-refractivity contribution in [2.24, 2.45) is 0 Å². The lowest BCUT2D eigenvalue weighted by atomic mass is 10.1. The van der Waals surface area contributed by atoms with Crippen LogP contribution in [0.15, 0.2) is 53.7 Å². The van der Waals surface area contributed by atoms with Gasteiger partial charge in [-0.05, 0) is 47.9 Å². The zero-order valence-corrected chi connectivity index (χ0v) is 13.5. The maximum absolute atomic E-state index is 12.2. The first kappa shape index (κ1) is 15.3. The van der Waals surface area contributed by atoms with Crippen LogP contribution in [0.3, 0.4) is 0 Å². The van der Waals surface area contributed by atoms with Crippen molar-refractivity contribution in [3.8, 4) is 11.4 Å². The second-order valence-electron chi connectivity index (χ2n) is 5.25. The van der Waals surface area contributed by atoms with Gasteiger partial charge in [0.05, 0.1) is 5.56 Å². The zero-order chi connectivity index (χ0) is 16.1. The monoisotopic (exact) mass is 324 g/mol. The van der Waals surface area contributed by atoms with Gasteiger partial charge in [-0.1, -0.05) is 0 Å². The number of nitrogens with zero attached hydrogens (tertiary/aromatic N) is 3. The fraction of sp³-hybridized carbons (Fsp3) is 0.176. The Balaban J connectivity index is 1.63. The predicted molar refractivity (Wildman–Crippen MR) is 90.2 cm³/mol. The van der Waals surface area contributed by atoms with Gasteiger partial charge in [-0.25, -0.2) is 9.97 Å². The number of amides is 1. The van der Waals surface area contributed by atoms with Gasteiger partial charge in [-0.2, -0.15) is 11.3 Å². The molecule has 0 fully saturated rings. The van der Waals surface area contributed by atoms with Crippen molar-refractivity contribution in [2.75, 3.05) is 0 Å². The molecule has 0 saturated heterocycles. The predicted octanol–water partition coefficient (Wildman–Crippen LogP) is 2.96. The third-order valence-corrected chi connectivity index (χ3v) is 4.07. The van der Waals surface area contributed by atoms with Gasteiger partial charge in [-0.15, -0.1) is 0 Å². The highest BCUT2D eigenvalue weighted by Gasteiger charge is 2.12. The third kappa shape index (κ3) is 3.98. The summed E-state index contributed by atoms with van der Waals surface area (Å²) in [5.41, 5.74) is 2.51. The molecular weight excluding hydrogens is 308 g/mol. The Morgan fingerprint density at radius 1 is 1.26 bits per heavy atom. The minimum atomic E-state index is -0.162. The Kier molecular flexibility index (Phi) is 4.73. The van der Waals surface area contributed by atoms with Crippen molar-refractivity contribution in [1.82, 2.24) is 20.3 Å². The summed E-state index contributed by atoms with van der Waals surface area (Å²) in [5, 5.41) is 7.10. The summed E-state index contributed by atoms with van der Waals surface area (Å²) in [6.07, 6.45) is 7.28. The number of carbonyl (C=O) groups is 1. The van der Waals surface area contributed by atoms with Gasteiger partial charge < -0.3 is 5.32 Å². The minimum Gasteiger partial charge on any atom is -0.349 e. The highest BCUT2D eigenvalue weighted by atomic mass is 32.1. The fourth-order valence-corrected chi connectivity index (χ4v) is 2.89. The summed E-state index contributed by atoms with van der Waals surface area (Å²) in [6, 6.07) is 5.82. The van der Waals surface area contributed by atoms with E-state index < -0.39 is 0 Å². The minimum absolute atomic E-state index is 0.0510. The quantitative estimate of drug-likeness (QED) is 0.783. The second kappa shape index (κ2) is 7.11. The SMILES string of the molecule is C[C@H](Cc1ccsc1)NC(=O)c1cnc(-c2cccnc2)nc1. The molecule has 1 atom stereocenters. The lowest BCUT2D eigenvalue weighted by Gasteiger charge is -2.13. The van der Waals surface area contributed by atoms with Gasteiger partial charge in [0.2, 0.25) is 0 Å². The molecule has 0 spiro atoms. The maximum Gasteiger partial charge on any atom is 0.254 e. The van der Waals surface area contributed by atoms with Crippen LogP contribution >= 0.6 is 11.3 Å². The smallest absolute Gasteiger partial charge is 0.254 e. The van der Waals surface area contributed by atoms with Gasteiger partial charge in [0.15, 0.2) is 5.82 Å². The van der Waals surface area contributed by atoms with E-state index in [4.69, 9.17) is 0 Å². The summed E-state index contributed by atoms with van der Waals surface area (Å²) in [4.78, 5) is 24.8. The van der Waals surface area contributed by atoms with Gasteiger partial charge in [0.25, 0.3) is 5.91 Å². The molecule has 3 aromatic heterocycles. The molecular formula is C17H16N4OS. The van der Waals surface area contributed by atoms with Crippen LogP contribution in [-0.2, 0) is 6.42 Å². The van der Waals surface area contributed by atoms with Crippen LogP contribution < -0.4 is 5.32 Å². The van der Waals surface area contributed by atoms with Gasteiger partial charge in [-0.3, -0.25) is 9.78 Å². The fourth-order valence-electron chi connectivity index (χ4n) is 2.21. The molecule has 116 valence electrons. The second-order valence-corrected chi connectivity index (χ2v) is 6.03. The molecule has 3 aromatic rings. The number of thiophene rings is 1. The Hall–Kier alpha value is -2.60. The number of rotatable bonds is 5. The van der Waals surface area contributed by atoms with Crippen molar-refractivity contribution in [3.63, 3.8) is 0 Å². The molecule has 0 saturated carbocycles. The van der Waals surface area contributed by atoms with E-state index in [0.717, 1.165) is 12.0 Å². The van der Waals surface area contributed by atoms with E-state index >= 15 is 0 Å². The van der Waals surface area contributed by atoms with Gasteiger partial charge in [0.1, 0.15) is 0 Å². The third-order valence-electron chi connectivity index (χ3n) is 3.33. The first-order valence-electron chi connectivity index (χ1n) is 7.27. The number of carbonyl (C=O) groups excluding carboxylic acids is 1. The van der Waals surface area contributed by atoms with Crippen molar-refractivity contribution in [1.29, 1.82) is 0 Å². The van der Waals surface area contributed by atoms with Crippen molar-refractivity contribution < 1.29 is 4.79 Å². The number of aromatic nitrogens is 3. The van der Waals surface area contributed by atoms with Crippen LogP contribution in [0.5, 0.6) is 0 Å². The highest BCUT2D eigenvalue weighted by Crippen LogP contribution is 2.12. The molecule has 0 aliphatic rings. The van der Waals surface area contributed by atoms with Crippen LogP contribution in [0.1, 0.15) is 22.8 Å². The molecule has 1 amide bonds. The lowest BCUT2D eigenvalue weighted by Crippen LogP contribution is -2.34. The molecule has 0 aromatic carbocycles. The number of nitrogens with one attached hydrogen (secondary N) is 1. The summed E-state index contributed by atoms with van der Waals surface area (Å²) < 4.78 is 0. The van der Waals surface area contributed by atoms with E-state index in [1.807, 2.05) is 24.4 Å². The summed E-state index contributed by atoms with van der Waals surface area (Å²) in [7, 11) is 0. The van der Waals surface area contributed by atoms with Crippen molar-refractivity contribution in [2.45, 2.75) is 19.4 Å². The van der Waals surface area contributed by atoms with E-state index in [1.165, 1.54) is 5.56 Å². The zero-order valence-electron chi connectivity index (χ0n) is 12.6. The molecule has 3 rings (SSSR count). The summed E-state index contributed by atoms with van der Waals surface area (Å²) in [5.74, 6) is 0.395. The van der Waals surface area contributed by atoms with Gasteiger partial charge in [0, 0.05) is 36.4 Å². The van der Waals surface area contributed by atoms with E-state index in [1.54, 1.807) is 36.1 Å². The Morgan fingerprint density at radius 2 is 2.09 bits per heavy atom. The molecule has 1 N–H and O–H groups in total. The molecule has 0 aliphatic heterocycles. The normalized spacial score (nSPS) is 11.9. The highest BCUT2D eigenvalue weighted by molar-refractivity contribution is 7.07. The van der Waals surface area contributed by atoms with Crippen molar-refractivity contribution >= 4 is 17.2 Å². The molecule has 0 aliphatic carbocycles. The number of hydrogen-bond acceptors (Lipinski definition) is 5. The topological polar surface area (TPSA) is 67.8 Å². The Labute approximate surface area is 138 Å². The largest absolute Gasteiger partial charge is 0.349 e. The van der Waals surface area contributed by atoms with Crippen LogP contribution in [0.4, 0.5) is 0 Å². The number of pyridine rings is 1. The van der Waals surface area contributed by atoms with E-state index in [-0.39, 0.29) is 11.9 Å².